The summed E-state index contributed by atoms with van der Waals surface area (Å²) in [6.07, 6.45) is 2.19. The summed E-state index contributed by atoms with van der Waals surface area (Å²) in [5.41, 5.74) is 2.88. The molecular weight excluding hydrogens is 330 g/mol. The van der Waals surface area contributed by atoms with E-state index >= 15 is 0 Å². The van der Waals surface area contributed by atoms with E-state index in [0.29, 0.717) is 17.9 Å². The van der Waals surface area contributed by atoms with E-state index in [1.165, 1.54) is 6.20 Å². The summed E-state index contributed by atoms with van der Waals surface area (Å²) in [4.78, 5) is 37.7. The van der Waals surface area contributed by atoms with Crippen LogP contribution in [0.2, 0.25) is 0 Å². The van der Waals surface area contributed by atoms with Crippen molar-refractivity contribution in [3.63, 3.8) is 0 Å². The molecule has 0 fully saturated rings. The predicted octanol–water partition coefficient (Wildman–Crippen LogP) is 1.95. The number of nitrogens with zero attached hydrogens (tertiary/aromatic N) is 3. The molecule has 2 aromatic heterocycles. The number of pyridine rings is 1. The third-order valence-electron chi connectivity index (χ3n) is 4.72. The molecule has 132 valence electrons. The summed E-state index contributed by atoms with van der Waals surface area (Å²) in [5.74, 6) is 0.0763. The zero-order valence-corrected chi connectivity index (χ0v) is 14.5. The van der Waals surface area contributed by atoms with Crippen LogP contribution in [-0.2, 0) is 13.0 Å². The van der Waals surface area contributed by atoms with Crippen molar-refractivity contribution in [2.45, 2.75) is 19.9 Å². The molecule has 4 rings (SSSR count). The van der Waals surface area contributed by atoms with Gasteiger partial charge in [0.05, 0.1) is 11.1 Å². The van der Waals surface area contributed by atoms with Crippen LogP contribution in [0.5, 0.6) is 0 Å². The maximum absolute atomic E-state index is 13.1. The first-order valence-corrected chi connectivity index (χ1v) is 8.65. The molecule has 0 bridgehead atoms. The van der Waals surface area contributed by atoms with Gasteiger partial charge in [0, 0.05) is 42.4 Å². The second kappa shape index (κ2) is 6.68. The molecule has 0 unspecified atom stereocenters. The Bertz CT molecular complexity index is 1040. The monoisotopic (exact) mass is 349 g/mol. The number of carbonyl (C=O) groups is 1. The highest BCUT2D eigenvalue weighted by atomic mass is 16.2. The van der Waals surface area contributed by atoms with E-state index in [4.69, 9.17) is 4.98 Å². The van der Waals surface area contributed by atoms with Crippen molar-refractivity contribution in [1.29, 1.82) is 0 Å². The third-order valence-corrected chi connectivity index (χ3v) is 4.72. The number of carbonyl (C=O) groups excluding carboxylic acids is 1. The molecule has 0 atom stereocenters. The van der Waals surface area contributed by atoms with Crippen LogP contribution < -0.4 is 11.0 Å². The quantitative estimate of drug-likeness (QED) is 0.754. The molecule has 3 heterocycles. The topological polar surface area (TPSA) is 91.0 Å². The van der Waals surface area contributed by atoms with Gasteiger partial charge in [0.2, 0.25) is 0 Å². The number of benzene rings is 1. The Kier molecular flexibility index (Phi) is 4.22. The van der Waals surface area contributed by atoms with E-state index < -0.39 is 5.69 Å². The van der Waals surface area contributed by atoms with Crippen molar-refractivity contribution in [3.05, 3.63) is 63.8 Å². The average Bonchev–Trinajstić information content (AvgIpc) is 2.65. The summed E-state index contributed by atoms with van der Waals surface area (Å²) < 4.78 is 0. The van der Waals surface area contributed by atoms with Gasteiger partial charge in [-0.25, -0.2) is 9.78 Å². The molecule has 3 aromatic rings. The summed E-state index contributed by atoms with van der Waals surface area (Å²) in [6.45, 7) is 4.67. The minimum atomic E-state index is -0.499. The number of aromatic nitrogens is 3. The molecule has 0 radical (unpaired) electrons. The third kappa shape index (κ3) is 2.97. The lowest BCUT2D eigenvalue weighted by Gasteiger charge is -2.29. The molecule has 7 nitrogen and oxygen atoms in total. The van der Waals surface area contributed by atoms with Crippen LogP contribution in [0.1, 0.15) is 28.5 Å². The number of fused-ring (bicyclic) bond motifs is 2. The van der Waals surface area contributed by atoms with Crippen LogP contribution in [0, 0.1) is 0 Å². The van der Waals surface area contributed by atoms with Crippen molar-refractivity contribution in [1.82, 2.24) is 19.9 Å². The standard InChI is InChI=1S/C19H19N5O2/c1-2-24-10-8-15-13(11-24)17(12-5-3-4-6-14(12)21-15)18(25)22-16-7-9-20-19(26)23-16/h3-7,9H,2,8,10-11H2,1H3,(H2,20,22,23,25,26). The number of likely N-dealkylation sites (N-methyl/N-ethyl adjacent to an activating group) is 1. The van der Waals surface area contributed by atoms with Gasteiger partial charge in [0.25, 0.3) is 5.91 Å². The Morgan fingerprint density at radius 3 is 2.96 bits per heavy atom. The lowest BCUT2D eigenvalue weighted by Crippen LogP contribution is -2.33. The number of para-hydroxylation sites is 1. The molecule has 7 heteroatoms. The van der Waals surface area contributed by atoms with E-state index in [1.807, 2.05) is 24.3 Å². The van der Waals surface area contributed by atoms with Gasteiger partial charge >= 0.3 is 5.69 Å². The maximum Gasteiger partial charge on any atom is 0.346 e. The largest absolute Gasteiger partial charge is 0.346 e. The molecule has 1 aliphatic heterocycles. The predicted molar refractivity (Wildman–Crippen MR) is 99.2 cm³/mol. The minimum Gasteiger partial charge on any atom is -0.308 e. The Hall–Kier alpha value is -3.06. The first-order valence-electron chi connectivity index (χ1n) is 8.65. The Balaban J connectivity index is 1.84. The summed E-state index contributed by atoms with van der Waals surface area (Å²) in [6, 6.07) is 9.23. The highest BCUT2D eigenvalue weighted by Gasteiger charge is 2.25. The molecular formula is C19H19N5O2. The van der Waals surface area contributed by atoms with E-state index in [9.17, 15) is 9.59 Å². The van der Waals surface area contributed by atoms with Crippen molar-refractivity contribution < 1.29 is 4.79 Å². The van der Waals surface area contributed by atoms with Crippen molar-refractivity contribution in [2.24, 2.45) is 0 Å². The molecule has 0 aliphatic carbocycles. The summed E-state index contributed by atoms with van der Waals surface area (Å²) in [5, 5.41) is 3.61. The summed E-state index contributed by atoms with van der Waals surface area (Å²) >= 11 is 0. The van der Waals surface area contributed by atoms with Gasteiger partial charge in [-0.1, -0.05) is 25.1 Å². The molecule has 0 spiro atoms. The fourth-order valence-corrected chi connectivity index (χ4v) is 3.40. The Labute approximate surface area is 150 Å². The zero-order chi connectivity index (χ0) is 18.1. The Morgan fingerprint density at radius 1 is 1.31 bits per heavy atom. The van der Waals surface area contributed by atoms with Crippen molar-refractivity contribution in [3.8, 4) is 0 Å². The number of amides is 1. The van der Waals surface area contributed by atoms with E-state index in [1.54, 1.807) is 6.07 Å². The van der Waals surface area contributed by atoms with Crippen LogP contribution in [0.25, 0.3) is 10.9 Å². The molecule has 0 saturated carbocycles. The number of hydrogen-bond acceptors (Lipinski definition) is 5. The van der Waals surface area contributed by atoms with Gasteiger partial charge in [0.15, 0.2) is 0 Å². The molecule has 2 N–H and O–H groups in total. The average molecular weight is 349 g/mol. The number of aromatic amines is 1. The SMILES string of the molecule is CCN1CCc2nc3ccccc3c(C(=O)Nc3ccnc(=O)[nH]3)c2C1. The lowest BCUT2D eigenvalue weighted by molar-refractivity contribution is 0.102. The number of nitrogens with one attached hydrogen (secondary N) is 2. The van der Waals surface area contributed by atoms with E-state index in [2.05, 4.69) is 27.1 Å². The zero-order valence-electron chi connectivity index (χ0n) is 14.5. The molecule has 0 saturated heterocycles. The van der Waals surface area contributed by atoms with Crippen LogP contribution in [-0.4, -0.2) is 38.8 Å². The van der Waals surface area contributed by atoms with Gasteiger partial charge in [0.1, 0.15) is 5.82 Å². The fraction of sp³-hybridized carbons (Fsp3) is 0.263. The fourth-order valence-electron chi connectivity index (χ4n) is 3.40. The molecule has 26 heavy (non-hydrogen) atoms. The van der Waals surface area contributed by atoms with Gasteiger partial charge in [-0.05, 0) is 18.7 Å². The van der Waals surface area contributed by atoms with E-state index in [-0.39, 0.29) is 5.91 Å². The van der Waals surface area contributed by atoms with Gasteiger partial charge in [-0.2, -0.15) is 0 Å². The maximum atomic E-state index is 13.1. The van der Waals surface area contributed by atoms with Crippen LogP contribution >= 0.6 is 0 Å². The first kappa shape index (κ1) is 16.4. The highest BCUT2D eigenvalue weighted by Crippen LogP contribution is 2.28. The second-order valence-corrected chi connectivity index (χ2v) is 6.29. The highest BCUT2D eigenvalue weighted by molar-refractivity contribution is 6.13. The Morgan fingerprint density at radius 2 is 2.15 bits per heavy atom. The smallest absolute Gasteiger partial charge is 0.308 e. The summed E-state index contributed by atoms with van der Waals surface area (Å²) in [7, 11) is 0. The van der Waals surface area contributed by atoms with E-state index in [0.717, 1.165) is 41.7 Å². The number of hydrogen-bond donors (Lipinski definition) is 2. The number of anilines is 1. The van der Waals surface area contributed by atoms with Crippen LogP contribution in [0.15, 0.2) is 41.3 Å². The molecule has 1 aliphatic rings. The van der Waals surface area contributed by atoms with Gasteiger partial charge in [-0.3, -0.25) is 19.7 Å². The minimum absolute atomic E-state index is 0.250. The van der Waals surface area contributed by atoms with Gasteiger partial charge in [-0.15, -0.1) is 0 Å². The van der Waals surface area contributed by atoms with Crippen molar-refractivity contribution >= 4 is 22.6 Å². The molecule has 1 amide bonds. The number of rotatable bonds is 3. The van der Waals surface area contributed by atoms with Crippen molar-refractivity contribution in [2.75, 3.05) is 18.4 Å². The van der Waals surface area contributed by atoms with Crippen LogP contribution in [0.4, 0.5) is 5.82 Å². The number of H-pyrrole nitrogens is 1. The first-order chi connectivity index (χ1) is 12.7. The van der Waals surface area contributed by atoms with Gasteiger partial charge < -0.3 is 5.32 Å². The normalized spacial score (nSPS) is 14.2. The molecule has 1 aromatic carbocycles. The van der Waals surface area contributed by atoms with Crippen LogP contribution in [0.3, 0.4) is 0 Å². The second-order valence-electron chi connectivity index (χ2n) is 6.29. The lowest BCUT2D eigenvalue weighted by atomic mass is 9.95.